The van der Waals surface area contributed by atoms with Crippen LogP contribution in [0.5, 0.6) is 0 Å². The molecule has 130 valence electrons. The Morgan fingerprint density at radius 1 is 1.52 bits per heavy atom. The summed E-state index contributed by atoms with van der Waals surface area (Å²) in [6.45, 7) is 7.27. The molecule has 2 rings (SSSR count). The SMILES string of the molecule is CNC(CCc1cnn(C)c1)C1CCN(C(=O)OC(C)(C)C)C1. The minimum absolute atomic E-state index is 0.192. The number of rotatable bonds is 5. The highest BCUT2D eigenvalue weighted by molar-refractivity contribution is 5.68. The molecule has 2 heterocycles. The van der Waals surface area contributed by atoms with Crippen LogP contribution in [0.4, 0.5) is 4.79 Å². The van der Waals surface area contributed by atoms with Gasteiger partial charge in [0, 0.05) is 32.4 Å². The Kier molecular flexibility index (Phi) is 5.68. The van der Waals surface area contributed by atoms with Gasteiger partial charge >= 0.3 is 6.09 Å². The van der Waals surface area contributed by atoms with E-state index < -0.39 is 5.60 Å². The average Bonchev–Trinajstić information content (AvgIpc) is 3.07. The van der Waals surface area contributed by atoms with Crippen LogP contribution >= 0.6 is 0 Å². The molecule has 1 aliphatic rings. The fourth-order valence-corrected chi connectivity index (χ4v) is 3.15. The van der Waals surface area contributed by atoms with Crippen molar-refractivity contribution in [3.63, 3.8) is 0 Å². The molecule has 6 nitrogen and oxygen atoms in total. The van der Waals surface area contributed by atoms with Crippen molar-refractivity contribution in [1.82, 2.24) is 20.0 Å². The molecule has 0 radical (unpaired) electrons. The van der Waals surface area contributed by atoms with E-state index in [9.17, 15) is 4.79 Å². The lowest BCUT2D eigenvalue weighted by Crippen LogP contribution is -2.39. The minimum Gasteiger partial charge on any atom is -0.444 e. The summed E-state index contributed by atoms with van der Waals surface area (Å²) < 4.78 is 7.31. The Morgan fingerprint density at radius 2 is 2.26 bits per heavy atom. The Hall–Kier alpha value is -1.56. The van der Waals surface area contributed by atoms with Gasteiger partial charge < -0.3 is 15.0 Å². The van der Waals surface area contributed by atoms with Gasteiger partial charge in [0.25, 0.3) is 0 Å². The van der Waals surface area contributed by atoms with Crippen molar-refractivity contribution in [2.24, 2.45) is 13.0 Å². The molecule has 1 aromatic rings. The summed E-state index contributed by atoms with van der Waals surface area (Å²) in [6, 6.07) is 0.405. The van der Waals surface area contributed by atoms with Gasteiger partial charge in [-0.2, -0.15) is 5.10 Å². The molecule has 1 fully saturated rings. The van der Waals surface area contributed by atoms with Crippen LogP contribution in [0.2, 0.25) is 0 Å². The lowest BCUT2D eigenvalue weighted by molar-refractivity contribution is 0.0285. The number of nitrogens with one attached hydrogen (secondary N) is 1. The monoisotopic (exact) mass is 322 g/mol. The van der Waals surface area contributed by atoms with E-state index >= 15 is 0 Å². The third-order valence-corrected chi connectivity index (χ3v) is 4.32. The lowest BCUT2D eigenvalue weighted by Gasteiger charge is -2.26. The minimum atomic E-state index is -0.433. The molecule has 1 saturated heterocycles. The first-order valence-corrected chi connectivity index (χ1v) is 8.41. The van der Waals surface area contributed by atoms with Gasteiger partial charge in [-0.3, -0.25) is 4.68 Å². The maximum atomic E-state index is 12.2. The maximum absolute atomic E-state index is 12.2. The van der Waals surface area contributed by atoms with E-state index in [1.54, 1.807) is 0 Å². The smallest absolute Gasteiger partial charge is 0.410 e. The number of nitrogens with zero attached hydrogens (tertiary/aromatic N) is 3. The maximum Gasteiger partial charge on any atom is 0.410 e. The van der Waals surface area contributed by atoms with Gasteiger partial charge in [-0.1, -0.05) is 0 Å². The Bertz CT molecular complexity index is 521. The van der Waals surface area contributed by atoms with Crippen molar-refractivity contribution in [3.05, 3.63) is 18.0 Å². The highest BCUT2D eigenvalue weighted by Crippen LogP contribution is 2.24. The van der Waals surface area contributed by atoms with E-state index in [2.05, 4.69) is 16.6 Å². The summed E-state index contributed by atoms with van der Waals surface area (Å²) in [5.74, 6) is 0.476. The van der Waals surface area contributed by atoms with Gasteiger partial charge in [0.1, 0.15) is 5.60 Å². The van der Waals surface area contributed by atoms with E-state index in [1.807, 2.05) is 50.6 Å². The summed E-state index contributed by atoms with van der Waals surface area (Å²) in [6.07, 6.45) is 6.87. The van der Waals surface area contributed by atoms with E-state index in [0.29, 0.717) is 12.0 Å². The van der Waals surface area contributed by atoms with Crippen molar-refractivity contribution in [2.45, 2.75) is 51.7 Å². The normalized spacial score (nSPS) is 19.9. The molecule has 0 saturated carbocycles. The van der Waals surface area contributed by atoms with Gasteiger partial charge in [0.2, 0.25) is 0 Å². The van der Waals surface area contributed by atoms with Crippen LogP contribution in [0.1, 0.15) is 39.2 Å². The number of ether oxygens (including phenoxy) is 1. The third-order valence-electron chi connectivity index (χ3n) is 4.32. The Labute approximate surface area is 139 Å². The number of likely N-dealkylation sites (tertiary alicyclic amines) is 1. The number of hydrogen-bond acceptors (Lipinski definition) is 4. The molecule has 23 heavy (non-hydrogen) atoms. The van der Waals surface area contributed by atoms with Crippen molar-refractivity contribution >= 4 is 6.09 Å². The van der Waals surface area contributed by atoms with E-state index in [4.69, 9.17) is 4.74 Å². The Balaban J connectivity index is 1.84. The number of carbonyl (C=O) groups is 1. The standard InChI is InChI=1S/C17H30N4O2/c1-17(2,3)23-16(22)21-9-8-14(12-21)15(18-4)7-6-13-10-19-20(5)11-13/h10-11,14-15,18H,6-9,12H2,1-5H3. The molecule has 1 aromatic heterocycles. The molecule has 6 heteroatoms. The van der Waals surface area contributed by atoms with Gasteiger partial charge in [-0.05, 0) is 58.6 Å². The van der Waals surface area contributed by atoms with Gasteiger partial charge in [-0.25, -0.2) is 4.79 Å². The number of hydrogen-bond donors (Lipinski definition) is 1. The number of aryl methyl sites for hydroxylation is 2. The fourth-order valence-electron chi connectivity index (χ4n) is 3.15. The molecular formula is C17H30N4O2. The van der Waals surface area contributed by atoms with Crippen molar-refractivity contribution in [3.8, 4) is 0 Å². The summed E-state index contributed by atoms with van der Waals surface area (Å²) in [5, 5.41) is 7.64. The molecule has 0 aromatic carbocycles. The second-order valence-corrected chi connectivity index (χ2v) is 7.43. The number of amides is 1. The molecule has 1 amide bonds. The summed E-state index contributed by atoms with van der Waals surface area (Å²) in [4.78, 5) is 14.0. The summed E-state index contributed by atoms with van der Waals surface area (Å²) in [5.41, 5.74) is 0.826. The fraction of sp³-hybridized carbons (Fsp3) is 0.765. The van der Waals surface area contributed by atoms with Crippen LogP contribution in [0.3, 0.4) is 0 Å². The van der Waals surface area contributed by atoms with Crippen molar-refractivity contribution in [1.29, 1.82) is 0 Å². The topological polar surface area (TPSA) is 59.4 Å². The quantitative estimate of drug-likeness (QED) is 0.903. The zero-order chi connectivity index (χ0) is 17.0. The molecule has 0 aliphatic carbocycles. The second kappa shape index (κ2) is 7.34. The second-order valence-electron chi connectivity index (χ2n) is 7.43. The summed E-state index contributed by atoms with van der Waals surface area (Å²) >= 11 is 0. The van der Waals surface area contributed by atoms with Crippen LogP contribution in [0, 0.1) is 5.92 Å². The van der Waals surface area contributed by atoms with Crippen LogP contribution < -0.4 is 5.32 Å². The number of carbonyl (C=O) groups excluding carboxylic acids is 1. The summed E-state index contributed by atoms with van der Waals surface area (Å²) in [7, 11) is 3.94. The van der Waals surface area contributed by atoms with E-state index in [0.717, 1.165) is 32.4 Å². The zero-order valence-electron chi connectivity index (χ0n) is 15.0. The molecular weight excluding hydrogens is 292 g/mol. The van der Waals surface area contributed by atoms with E-state index in [-0.39, 0.29) is 6.09 Å². The lowest BCUT2D eigenvalue weighted by atomic mass is 9.94. The highest BCUT2D eigenvalue weighted by atomic mass is 16.6. The predicted molar refractivity (Wildman–Crippen MR) is 90.3 cm³/mol. The molecule has 2 atom stereocenters. The molecule has 0 bridgehead atoms. The van der Waals surface area contributed by atoms with Gasteiger partial charge in [-0.15, -0.1) is 0 Å². The highest BCUT2D eigenvalue weighted by Gasteiger charge is 2.33. The first-order valence-electron chi connectivity index (χ1n) is 8.41. The van der Waals surface area contributed by atoms with Crippen LogP contribution in [-0.2, 0) is 18.2 Å². The van der Waals surface area contributed by atoms with Crippen LogP contribution in [0.25, 0.3) is 0 Å². The average molecular weight is 322 g/mol. The first-order chi connectivity index (χ1) is 10.8. The van der Waals surface area contributed by atoms with Crippen LogP contribution in [0.15, 0.2) is 12.4 Å². The molecule has 2 unspecified atom stereocenters. The largest absolute Gasteiger partial charge is 0.444 e. The zero-order valence-corrected chi connectivity index (χ0v) is 15.0. The number of aromatic nitrogens is 2. The van der Waals surface area contributed by atoms with Crippen molar-refractivity contribution in [2.75, 3.05) is 20.1 Å². The molecule has 1 aliphatic heterocycles. The Morgan fingerprint density at radius 3 is 2.83 bits per heavy atom. The predicted octanol–water partition coefficient (Wildman–Crippen LogP) is 2.20. The molecule has 1 N–H and O–H groups in total. The van der Waals surface area contributed by atoms with Gasteiger partial charge in [0.15, 0.2) is 0 Å². The van der Waals surface area contributed by atoms with E-state index in [1.165, 1.54) is 5.56 Å². The van der Waals surface area contributed by atoms with Crippen molar-refractivity contribution < 1.29 is 9.53 Å². The van der Waals surface area contributed by atoms with Gasteiger partial charge in [0.05, 0.1) is 6.20 Å². The molecule has 0 spiro atoms. The first kappa shape index (κ1) is 17.8. The third kappa shape index (κ3) is 5.23. The van der Waals surface area contributed by atoms with Crippen LogP contribution in [-0.4, -0.2) is 52.6 Å².